The summed E-state index contributed by atoms with van der Waals surface area (Å²) >= 11 is 1.83. The average molecular weight is 281 g/mol. The highest BCUT2D eigenvalue weighted by Crippen LogP contribution is 2.33. The Kier molecular flexibility index (Phi) is 5.79. The molecule has 0 spiro atoms. The molecule has 0 aliphatic heterocycles. The maximum atomic E-state index is 6.06. The molecule has 19 heavy (non-hydrogen) atoms. The highest BCUT2D eigenvalue weighted by Gasteiger charge is 2.28. The molecule has 0 saturated heterocycles. The number of nitrogens with two attached hydrogens (primary N) is 1. The lowest BCUT2D eigenvalue weighted by Crippen LogP contribution is -2.39. The molecule has 1 fully saturated rings. The Labute approximate surface area is 121 Å². The standard InChI is InChI=1S/C15H27N3S/c1-2-13-9-18-14(19-13)10-17-12-15(11-16)7-5-3-4-6-8-15/h9,17H,2-8,10-12,16H2,1H3. The van der Waals surface area contributed by atoms with E-state index in [9.17, 15) is 0 Å². The minimum Gasteiger partial charge on any atom is -0.330 e. The summed E-state index contributed by atoms with van der Waals surface area (Å²) in [6.07, 6.45) is 11.1. The largest absolute Gasteiger partial charge is 0.330 e. The van der Waals surface area contributed by atoms with E-state index in [2.05, 4.69) is 17.2 Å². The van der Waals surface area contributed by atoms with Gasteiger partial charge in [0.25, 0.3) is 0 Å². The molecule has 1 heterocycles. The van der Waals surface area contributed by atoms with Crippen molar-refractivity contribution in [2.45, 2.75) is 58.4 Å². The fourth-order valence-corrected chi connectivity index (χ4v) is 3.79. The molecule has 2 rings (SSSR count). The molecule has 3 nitrogen and oxygen atoms in total. The predicted octanol–water partition coefficient (Wildman–Crippen LogP) is 3.09. The van der Waals surface area contributed by atoms with Gasteiger partial charge in [0.1, 0.15) is 5.01 Å². The van der Waals surface area contributed by atoms with Crippen molar-refractivity contribution in [3.63, 3.8) is 0 Å². The Hall–Kier alpha value is -0.450. The third-order valence-corrected chi connectivity index (χ3v) is 5.46. The number of aromatic nitrogens is 1. The summed E-state index contributed by atoms with van der Waals surface area (Å²) in [5.41, 5.74) is 6.39. The van der Waals surface area contributed by atoms with Gasteiger partial charge in [-0.3, -0.25) is 0 Å². The van der Waals surface area contributed by atoms with Crippen LogP contribution in [0.1, 0.15) is 55.3 Å². The minimum atomic E-state index is 0.335. The molecule has 1 saturated carbocycles. The Morgan fingerprint density at radius 2 is 2.05 bits per heavy atom. The Morgan fingerprint density at radius 3 is 2.63 bits per heavy atom. The van der Waals surface area contributed by atoms with Gasteiger partial charge in [0.2, 0.25) is 0 Å². The van der Waals surface area contributed by atoms with Crippen LogP contribution in [0.5, 0.6) is 0 Å². The number of nitrogens with one attached hydrogen (secondary N) is 1. The van der Waals surface area contributed by atoms with E-state index in [4.69, 9.17) is 5.73 Å². The first-order chi connectivity index (χ1) is 9.28. The maximum absolute atomic E-state index is 6.06. The Balaban J connectivity index is 1.82. The fourth-order valence-electron chi connectivity index (χ4n) is 2.96. The van der Waals surface area contributed by atoms with Gasteiger partial charge in [0.05, 0.1) is 0 Å². The monoisotopic (exact) mass is 281 g/mol. The highest BCUT2D eigenvalue weighted by atomic mass is 32.1. The highest BCUT2D eigenvalue weighted by molar-refractivity contribution is 7.11. The van der Waals surface area contributed by atoms with Gasteiger partial charge >= 0.3 is 0 Å². The van der Waals surface area contributed by atoms with Crippen molar-refractivity contribution in [2.24, 2.45) is 11.1 Å². The van der Waals surface area contributed by atoms with Crippen LogP contribution >= 0.6 is 11.3 Å². The van der Waals surface area contributed by atoms with Gasteiger partial charge in [-0.25, -0.2) is 4.98 Å². The van der Waals surface area contributed by atoms with Crippen LogP contribution in [-0.2, 0) is 13.0 Å². The van der Waals surface area contributed by atoms with E-state index in [1.165, 1.54) is 48.4 Å². The second-order valence-corrected chi connectivity index (χ2v) is 7.00. The van der Waals surface area contributed by atoms with Crippen LogP contribution in [0, 0.1) is 5.41 Å². The number of hydrogen-bond donors (Lipinski definition) is 2. The molecule has 0 radical (unpaired) electrons. The van der Waals surface area contributed by atoms with Crippen LogP contribution in [-0.4, -0.2) is 18.1 Å². The molecule has 0 unspecified atom stereocenters. The van der Waals surface area contributed by atoms with Crippen molar-refractivity contribution < 1.29 is 0 Å². The molecule has 0 aromatic carbocycles. The third-order valence-electron chi connectivity index (χ3n) is 4.32. The normalized spacial score (nSPS) is 19.3. The van der Waals surface area contributed by atoms with E-state index in [0.29, 0.717) is 5.41 Å². The third kappa shape index (κ3) is 4.26. The van der Waals surface area contributed by atoms with Crippen LogP contribution < -0.4 is 11.1 Å². The fraction of sp³-hybridized carbons (Fsp3) is 0.800. The first-order valence-corrected chi connectivity index (χ1v) is 8.44. The number of aryl methyl sites for hydroxylation is 1. The first kappa shape index (κ1) is 14.9. The van der Waals surface area contributed by atoms with Crippen molar-refractivity contribution in [2.75, 3.05) is 13.1 Å². The molecule has 0 bridgehead atoms. The molecule has 1 aromatic heterocycles. The van der Waals surface area contributed by atoms with Gasteiger partial charge in [-0.2, -0.15) is 0 Å². The summed E-state index contributed by atoms with van der Waals surface area (Å²) in [6.45, 7) is 4.94. The van der Waals surface area contributed by atoms with E-state index >= 15 is 0 Å². The lowest BCUT2D eigenvalue weighted by Gasteiger charge is -2.31. The summed E-state index contributed by atoms with van der Waals surface area (Å²) < 4.78 is 0. The first-order valence-electron chi connectivity index (χ1n) is 7.62. The predicted molar refractivity (Wildman–Crippen MR) is 82.4 cm³/mol. The van der Waals surface area contributed by atoms with Gasteiger partial charge in [-0.05, 0) is 31.2 Å². The van der Waals surface area contributed by atoms with E-state index in [-0.39, 0.29) is 0 Å². The van der Waals surface area contributed by atoms with Crippen LogP contribution in [0.25, 0.3) is 0 Å². The Morgan fingerprint density at radius 1 is 1.32 bits per heavy atom. The van der Waals surface area contributed by atoms with Gasteiger partial charge in [0, 0.05) is 24.2 Å². The van der Waals surface area contributed by atoms with Crippen molar-refractivity contribution in [3.05, 3.63) is 16.1 Å². The average Bonchev–Trinajstić information content (AvgIpc) is 2.77. The van der Waals surface area contributed by atoms with Crippen LogP contribution in [0.4, 0.5) is 0 Å². The lowest BCUT2D eigenvalue weighted by molar-refractivity contribution is 0.242. The Bertz CT molecular complexity index is 367. The van der Waals surface area contributed by atoms with Crippen LogP contribution in [0.15, 0.2) is 6.20 Å². The molecule has 1 aromatic rings. The molecule has 4 heteroatoms. The maximum Gasteiger partial charge on any atom is 0.107 e. The van der Waals surface area contributed by atoms with E-state index in [1.807, 2.05) is 17.5 Å². The minimum absolute atomic E-state index is 0.335. The van der Waals surface area contributed by atoms with Gasteiger partial charge in [-0.15, -0.1) is 11.3 Å². The summed E-state index contributed by atoms with van der Waals surface area (Å²) in [6, 6.07) is 0. The summed E-state index contributed by atoms with van der Waals surface area (Å²) in [7, 11) is 0. The molecule has 0 amide bonds. The zero-order chi connectivity index (χ0) is 13.6. The molecule has 3 N–H and O–H groups in total. The second kappa shape index (κ2) is 7.36. The molecule has 1 aliphatic rings. The molecule has 0 atom stereocenters. The molecule has 108 valence electrons. The quantitative estimate of drug-likeness (QED) is 0.788. The van der Waals surface area contributed by atoms with Crippen molar-refractivity contribution in [1.82, 2.24) is 10.3 Å². The SMILES string of the molecule is CCc1cnc(CNCC2(CN)CCCCCC2)s1. The zero-order valence-corrected chi connectivity index (χ0v) is 12.9. The van der Waals surface area contributed by atoms with Crippen molar-refractivity contribution in [1.29, 1.82) is 0 Å². The topological polar surface area (TPSA) is 50.9 Å². The van der Waals surface area contributed by atoms with E-state index in [1.54, 1.807) is 0 Å². The summed E-state index contributed by atoms with van der Waals surface area (Å²) in [5, 5.41) is 4.80. The summed E-state index contributed by atoms with van der Waals surface area (Å²) in [5.74, 6) is 0. The summed E-state index contributed by atoms with van der Waals surface area (Å²) in [4.78, 5) is 5.84. The molecular formula is C15H27N3S. The zero-order valence-electron chi connectivity index (χ0n) is 12.1. The van der Waals surface area contributed by atoms with Crippen LogP contribution in [0.2, 0.25) is 0 Å². The lowest BCUT2D eigenvalue weighted by atomic mass is 9.80. The number of thiazole rings is 1. The molecule has 1 aliphatic carbocycles. The van der Waals surface area contributed by atoms with Gasteiger partial charge in [-0.1, -0.05) is 32.6 Å². The van der Waals surface area contributed by atoms with Crippen LogP contribution in [0.3, 0.4) is 0 Å². The second-order valence-electron chi connectivity index (χ2n) is 5.80. The smallest absolute Gasteiger partial charge is 0.107 e. The number of hydrogen-bond acceptors (Lipinski definition) is 4. The van der Waals surface area contributed by atoms with E-state index in [0.717, 1.165) is 26.1 Å². The van der Waals surface area contributed by atoms with Crippen molar-refractivity contribution >= 4 is 11.3 Å². The number of nitrogens with zero attached hydrogens (tertiary/aromatic N) is 1. The van der Waals surface area contributed by atoms with Gasteiger partial charge < -0.3 is 11.1 Å². The van der Waals surface area contributed by atoms with Crippen molar-refractivity contribution in [3.8, 4) is 0 Å². The van der Waals surface area contributed by atoms with E-state index < -0.39 is 0 Å². The van der Waals surface area contributed by atoms with Gasteiger partial charge in [0.15, 0.2) is 0 Å². The number of rotatable bonds is 6. The molecular weight excluding hydrogens is 254 g/mol.